The monoisotopic (exact) mass is 506 g/mol. The zero-order valence-corrected chi connectivity index (χ0v) is 20.8. The third-order valence-corrected chi connectivity index (χ3v) is 7.68. The first-order chi connectivity index (χ1) is 16.7. The minimum Gasteiger partial charge on any atom is -0.492 e. The molecule has 0 radical (unpaired) electrons. The number of carbonyl (C=O) groups excluding carboxylic acids is 1. The van der Waals surface area contributed by atoms with Gasteiger partial charge in [0.2, 0.25) is 10.0 Å². The van der Waals surface area contributed by atoms with Crippen molar-refractivity contribution in [3.05, 3.63) is 52.1 Å². The molecule has 1 saturated heterocycles. The number of morpholine rings is 1. The maximum Gasteiger partial charge on any atom is 0.270 e. The van der Waals surface area contributed by atoms with Crippen LogP contribution in [0.15, 0.2) is 41.3 Å². The van der Waals surface area contributed by atoms with Gasteiger partial charge in [-0.25, -0.2) is 8.42 Å². The van der Waals surface area contributed by atoms with Crippen molar-refractivity contribution >= 4 is 33.0 Å². The largest absolute Gasteiger partial charge is 0.492 e. The van der Waals surface area contributed by atoms with Crippen LogP contribution in [0.2, 0.25) is 0 Å². The number of nitrogens with one attached hydrogen (secondary N) is 1. The SMILES string of the molecule is CCOc1ccc(S(=O)(=O)N(CC)CC)cc1NC(=O)c1cc([N+](=O)[O-])ccc1N1CCOCC1. The van der Waals surface area contributed by atoms with Crippen molar-refractivity contribution in [2.75, 3.05) is 56.2 Å². The van der Waals surface area contributed by atoms with Crippen LogP contribution in [-0.4, -0.2) is 69.6 Å². The summed E-state index contributed by atoms with van der Waals surface area (Å²) in [6.45, 7) is 8.13. The van der Waals surface area contributed by atoms with Crippen LogP contribution in [0.3, 0.4) is 0 Å². The lowest BCUT2D eigenvalue weighted by molar-refractivity contribution is -0.384. The molecule has 0 aliphatic carbocycles. The molecule has 1 N–H and O–H groups in total. The van der Waals surface area contributed by atoms with E-state index in [0.29, 0.717) is 51.7 Å². The standard InChI is InChI=1S/C23H30N4O7S/c1-4-26(5-2)35(31,32)18-8-10-22(34-6-3)20(16-18)24-23(28)19-15-17(27(29)30)7-9-21(19)25-11-13-33-14-12-25/h7-10,15-16H,4-6,11-14H2,1-3H3,(H,24,28). The first kappa shape index (κ1) is 26.4. The van der Waals surface area contributed by atoms with Crippen molar-refractivity contribution < 1.29 is 27.6 Å². The lowest BCUT2D eigenvalue weighted by Gasteiger charge is -2.30. The van der Waals surface area contributed by atoms with E-state index in [1.165, 1.54) is 34.6 Å². The maximum absolute atomic E-state index is 13.4. The van der Waals surface area contributed by atoms with E-state index in [-0.39, 0.29) is 27.6 Å². The highest BCUT2D eigenvalue weighted by Crippen LogP contribution is 2.32. The molecule has 190 valence electrons. The smallest absolute Gasteiger partial charge is 0.270 e. The molecule has 0 unspecified atom stereocenters. The second-order valence-electron chi connectivity index (χ2n) is 7.69. The summed E-state index contributed by atoms with van der Waals surface area (Å²) in [7, 11) is -3.78. The minimum absolute atomic E-state index is 0.00685. The van der Waals surface area contributed by atoms with E-state index in [2.05, 4.69) is 5.32 Å². The summed E-state index contributed by atoms with van der Waals surface area (Å²) >= 11 is 0. The minimum atomic E-state index is -3.78. The molecule has 12 heteroatoms. The Balaban J connectivity index is 2.03. The van der Waals surface area contributed by atoms with E-state index in [0.717, 1.165) is 0 Å². The number of sulfonamides is 1. The number of rotatable bonds is 10. The molecule has 11 nitrogen and oxygen atoms in total. The highest BCUT2D eigenvalue weighted by molar-refractivity contribution is 7.89. The van der Waals surface area contributed by atoms with Gasteiger partial charge in [0.25, 0.3) is 11.6 Å². The second-order valence-corrected chi connectivity index (χ2v) is 9.63. The van der Waals surface area contributed by atoms with E-state index in [4.69, 9.17) is 9.47 Å². The topological polar surface area (TPSA) is 131 Å². The predicted molar refractivity (Wildman–Crippen MR) is 132 cm³/mol. The van der Waals surface area contributed by atoms with E-state index < -0.39 is 20.9 Å². The molecular weight excluding hydrogens is 476 g/mol. The zero-order valence-electron chi connectivity index (χ0n) is 20.0. The van der Waals surface area contributed by atoms with Crippen LogP contribution in [0.1, 0.15) is 31.1 Å². The van der Waals surface area contributed by atoms with Crippen LogP contribution in [0.5, 0.6) is 5.75 Å². The Labute approximate surface area is 204 Å². The molecule has 0 spiro atoms. The fourth-order valence-electron chi connectivity index (χ4n) is 3.85. The number of hydrogen-bond donors (Lipinski definition) is 1. The predicted octanol–water partition coefficient (Wildman–Crippen LogP) is 3.11. The number of carbonyl (C=O) groups is 1. The van der Waals surface area contributed by atoms with Gasteiger partial charge in [-0.15, -0.1) is 0 Å². The maximum atomic E-state index is 13.4. The normalized spacial score (nSPS) is 14.1. The number of nitrogens with zero attached hydrogens (tertiary/aromatic N) is 3. The third kappa shape index (κ3) is 5.89. The summed E-state index contributed by atoms with van der Waals surface area (Å²) < 4.78 is 38.4. The average molecular weight is 507 g/mol. The Kier molecular flexibility index (Phi) is 8.65. The first-order valence-corrected chi connectivity index (χ1v) is 12.9. The summed E-state index contributed by atoms with van der Waals surface area (Å²) in [6, 6.07) is 8.39. The molecule has 3 rings (SSSR count). The van der Waals surface area contributed by atoms with Gasteiger partial charge in [-0.2, -0.15) is 4.31 Å². The molecule has 0 bridgehead atoms. The molecular formula is C23H30N4O7S. The number of amides is 1. The number of hydrogen-bond acceptors (Lipinski definition) is 8. The molecule has 0 atom stereocenters. The van der Waals surface area contributed by atoms with E-state index in [1.54, 1.807) is 26.8 Å². The highest BCUT2D eigenvalue weighted by Gasteiger charge is 2.26. The fraction of sp³-hybridized carbons (Fsp3) is 0.435. The third-order valence-electron chi connectivity index (χ3n) is 5.63. The van der Waals surface area contributed by atoms with E-state index in [1.807, 2.05) is 4.90 Å². The summed E-state index contributed by atoms with van der Waals surface area (Å²) in [4.78, 5) is 26.2. The fourth-order valence-corrected chi connectivity index (χ4v) is 5.34. The number of benzene rings is 2. The van der Waals surface area contributed by atoms with Crippen molar-refractivity contribution in [1.29, 1.82) is 0 Å². The molecule has 1 aliphatic heterocycles. The average Bonchev–Trinajstić information content (AvgIpc) is 2.85. The Morgan fingerprint density at radius 3 is 2.43 bits per heavy atom. The number of nitro groups is 1. The Hall–Kier alpha value is -3.22. The highest BCUT2D eigenvalue weighted by atomic mass is 32.2. The molecule has 2 aromatic carbocycles. The van der Waals surface area contributed by atoms with Gasteiger partial charge < -0.3 is 19.7 Å². The number of nitro benzene ring substituents is 1. The summed E-state index contributed by atoms with van der Waals surface area (Å²) in [5.41, 5.74) is 0.557. The van der Waals surface area contributed by atoms with Crippen LogP contribution in [0.4, 0.5) is 17.1 Å². The van der Waals surface area contributed by atoms with Crippen LogP contribution < -0.4 is 15.0 Å². The Bertz CT molecular complexity index is 1180. The van der Waals surface area contributed by atoms with Gasteiger partial charge in [-0.1, -0.05) is 13.8 Å². The number of ether oxygens (including phenoxy) is 2. The van der Waals surface area contributed by atoms with Crippen molar-refractivity contribution in [2.45, 2.75) is 25.7 Å². The van der Waals surface area contributed by atoms with Gasteiger partial charge in [0.15, 0.2) is 0 Å². The van der Waals surface area contributed by atoms with Crippen LogP contribution >= 0.6 is 0 Å². The van der Waals surface area contributed by atoms with Crippen molar-refractivity contribution in [3.63, 3.8) is 0 Å². The molecule has 2 aromatic rings. The lowest BCUT2D eigenvalue weighted by atomic mass is 10.1. The van der Waals surface area contributed by atoms with E-state index in [9.17, 15) is 23.3 Å². The molecule has 0 saturated carbocycles. The number of non-ortho nitro benzene ring substituents is 1. The summed E-state index contributed by atoms with van der Waals surface area (Å²) in [5, 5.41) is 14.1. The van der Waals surface area contributed by atoms with Crippen LogP contribution in [-0.2, 0) is 14.8 Å². The van der Waals surface area contributed by atoms with Gasteiger partial charge in [0.1, 0.15) is 5.75 Å². The Morgan fingerprint density at radius 1 is 1.14 bits per heavy atom. The van der Waals surface area contributed by atoms with Gasteiger partial charge in [0, 0.05) is 38.3 Å². The summed E-state index contributed by atoms with van der Waals surface area (Å²) in [5.74, 6) is -0.328. The quantitative estimate of drug-likeness (QED) is 0.384. The van der Waals surface area contributed by atoms with E-state index >= 15 is 0 Å². The van der Waals surface area contributed by atoms with Crippen molar-refractivity contribution in [1.82, 2.24) is 4.31 Å². The molecule has 0 aromatic heterocycles. The zero-order chi connectivity index (χ0) is 25.6. The van der Waals surface area contributed by atoms with Crippen LogP contribution in [0, 0.1) is 10.1 Å². The van der Waals surface area contributed by atoms with Crippen LogP contribution in [0.25, 0.3) is 0 Å². The van der Waals surface area contributed by atoms with Crippen molar-refractivity contribution in [3.8, 4) is 5.75 Å². The van der Waals surface area contributed by atoms with Gasteiger partial charge in [0.05, 0.1) is 46.6 Å². The molecule has 1 heterocycles. The molecule has 1 amide bonds. The number of anilines is 2. The molecule has 1 fully saturated rings. The summed E-state index contributed by atoms with van der Waals surface area (Å²) in [6.07, 6.45) is 0. The van der Waals surface area contributed by atoms with Gasteiger partial charge in [-0.05, 0) is 31.2 Å². The molecule has 1 aliphatic rings. The van der Waals surface area contributed by atoms with Gasteiger partial charge in [-0.3, -0.25) is 14.9 Å². The van der Waals surface area contributed by atoms with Gasteiger partial charge >= 0.3 is 0 Å². The lowest BCUT2D eigenvalue weighted by Crippen LogP contribution is -2.37. The second kappa shape index (κ2) is 11.5. The Morgan fingerprint density at radius 2 is 1.83 bits per heavy atom. The first-order valence-electron chi connectivity index (χ1n) is 11.4. The molecule has 35 heavy (non-hydrogen) atoms. The van der Waals surface area contributed by atoms with Crippen molar-refractivity contribution in [2.24, 2.45) is 0 Å².